The molecule has 1 N–H and O–H groups in total. The van der Waals surface area contributed by atoms with Gasteiger partial charge in [0.15, 0.2) is 0 Å². The Morgan fingerprint density at radius 2 is 2.15 bits per heavy atom. The summed E-state index contributed by atoms with van der Waals surface area (Å²) in [6, 6.07) is 8.00. The van der Waals surface area contributed by atoms with Crippen LogP contribution in [0.4, 0.5) is 0 Å². The molecule has 66 valence electrons. The van der Waals surface area contributed by atoms with Crippen LogP contribution in [0.15, 0.2) is 35.6 Å². The van der Waals surface area contributed by atoms with Gasteiger partial charge in [0.25, 0.3) is 0 Å². The third-order valence-electron chi connectivity index (χ3n) is 2.12. The second-order valence-corrected chi connectivity index (χ2v) is 2.97. The summed E-state index contributed by atoms with van der Waals surface area (Å²) in [4.78, 5) is 0. The molecule has 0 aliphatic rings. The molecule has 1 heterocycles. The van der Waals surface area contributed by atoms with E-state index in [-0.39, 0.29) is 0 Å². The lowest BCUT2D eigenvalue weighted by Crippen LogP contribution is -1.91. The van der Waals surface area contributed by atoms with Crippen LogP contribution < -0.4 is 0 Å². The number of benzene rings is 1. The molecule has 0 radical (unpaired) electrons. The summed E-state index contributed by atoms with van der Waals surface area (Å²) in [5.74, 6) is 0. The fraction of sp³-hybridized carbons (Fsp3) is 0.100. The van der Waals surface area contributed by atoms with Crippen molar-refractivity contribution in [3.8, 4) is 0 Å². The predicted molar refractivity (Wildman–Crippen MR) is 52.4 cm³/mol. The number of nitrogens with zero attached hydrogens (tertiary/aromatic N) is 2. The Labute approximate surface area is 75.9 Å². The number of rotatable bonds is 1. The maximum absolute atomic E-state index is 8.44. The predicted octanol–water partition coefficient (Wildman–Crippen LogP) is 2.22. The Kier molecular flexibility index (Phi) is 1.77. The van der Waals surface area contributed by atoms with E-state index >= 15 is 0 Å². The molecule has 0 aliphatic heterocycles. The summed E-state index contributed by atoms with van der Waals surface area (Å²) >= 11 is 0. The van der Waals surface area contributed by atoms with E-state index in [9.17, 15) is 0 Å². The molecule has 13 heavy (non-hydrogen) atoms. The summed E-state index contributed by atoms with van der Waals surface area (Å²) in [6.45, 7) is 2.03. The number of hydrogen-bond acceptors (Lipinski definition) is 2. The van der Waals surface area contributed by atoms with Crippen molar-refractivity contribution in [2.24, 2.45) is 5.16 Å². The number of aryl methyl sites for hydroxylation is 1. The molecule has 0 spiro atoms. The standard InChI is InChI=1S/C10H10N2O/c1-8-6-12(7-11-13)10-5-3-2-4-9(8)10/h2-7,13H,1H3. The van der Waals surface area contributed by atoms with Gasteiger partial charge in [-0.1, -0.05) is 23.4 Å². The van der Waals surface area contributed by atoms with Gasteiger partial charge in [0.05, 0.1) is 5.52 Å². The fourth-order valence-corrected chi connectivity index (χ4v) is 1.53. The molecule has 0 bridgehead atoms. The highest BCUT2D eigenvalue weighted by Gasteiger charge is 2.01. The number of para-hydroxylation sites is 1. The monoisotopic (exact) mass is 174 g/mol. The van der Waals surface area contributed by atoms with Crippen LogP contribution in [0, 0.1) is 6.92 Å². The average molecular weight is 174 g/mol. The zero-order valence-corrected chi connectivity index (χ0v) is 7.31. The van der Waals surface area contributed by atoms with Gasteiger partial charge in [0.2, 0.25) is 0 Å². The molecule has 1 aromatic heterocycles. The number of aromatic nitrogens is 1. The van der Waals surface area contributed by atoms with Crippen LogP contribution in [0.25, 0.3) is 10.9 Å². The highest BCUT2D eigenvalue weighted by atomic mass is 16.4. The summed E-state index contributed by atoms with van der Waals surface area (Å²) < 4.78 is 1.80. The van der Waals surface area contributed by atoms with E-state index in [1.165, 1.54) is 17.3 Å². The first-order chi connectivity index (χ1) is 6.33. The number of fused-ring (bicyclic) bond motifs is 1. The molecular weight excluding hydrogens is 164 g/mol. The van der Waals surface area contributed by atoms with Crippen molar-refractivity contribution in [1.82, 2.24) is 4.57 Å². The molecule has 0 saturated heterocycles. The molecule has 0 fully saturated rings. The number of oxime groups is 1. The first-order valence-electron chi connectivity index (χ1n) is 4.06. The van der Waals surface area contributed by atoms with Gasteiger partial charge in [-0.15, -0.1) is 0 Å². The Bertz CT molecular complexity index is 457. The third-order valence-corrected chi connectivity index (χ3v) is 2.12. The summed E-state index contributed by atoms with van der Waals surface area (Å²) in [5.41, 5.74) is 2.23. The topological polar surface area (TPSA) is 37.5 Å². The van der Waals surface area contributed by atoms with Crippen molar-refractivity contribution in [3.63, 3.8) is 0 Å². The van der Waals surface area contributed by atoms with Crippen molar-refractivity contribution < 1.29 is 5.21 Å². The molecule has 0 atom stereocenters. The van der Waals surface area contributed by atoms with Crippen LogP contribution >= 0.6 is 0 Å². The summed E-state index contributed by atoms with van der Waals surface area (Å²) in [7, 11) is 0. The van der Waals surface area contributed by atoms with Gasteiger partial charge < -0.3 is 9.77 Å². The van der Waals surface area contributed by atoms with Gasteiger partial charge in [0.1, 0.15) is 6.34 Å². The Hall–Kier alpha value is -1.77. The van der Waals surface area contributed by atoms with Crippen molar-refractivity contribution >= 4 is 17.2 Å². The van der Waals surface area contributed by atoms with E-state index in [0.29, 0.717) is 0 Å². The summed E-state index contributed by atoms with van der Waals surface area (Å²) in [6.07, 6.45) is 3.32. The lowest BCUT2D eigenvalue weighted by molar-refractivity contribution is 0.320. The molecule has 0 amide bonds. The fourth-order valence-electron chi connectivity index (χ4n) is 1.53. The quantitative estimate of drug-likeness (QED) is 0.306. The van der Waals surface area contributed by atoms with E-state index < -0.39 is 0 Å². The van der Waals surface area contributed by atoms with Crippen LogP contribution in [0.5, 0.6) is 0 Å². The Morgan fingerprint density at radius 3 is 2.92 bits per heavy atom. The van der Waals surface area contributed by atoms with Crippen molar-refractivity contribution in [2.45, 2.75) is 6.92 Å². The smallest absolute Gasteiger partial charge is 0.139 e. The van der Waals surface area contributed by atoms with Crippen molar-refractivity contribution in [1.29, 1.82) is 0 Å². The molecule has 2 aromatic rings. The van der Waals surface area contributed by atoms with Crippen molar-refractivity contribution in [2.75, 3.05) is 0 Å². The molecule has 0 aliphatic carbocycles. The van der Waals surface area contributed by atoms with E-state index in [4.69, 9.17) is 5.21 Å². The van der Waals surface area contributed by atoms with Gasteiger partial charge in [0, 0.05) is 11.6 Å². The number of hydrogen-bond donors (Lipinski definition) is 1. The minimum absolute atomic E-state index is 1.05. The largest absolute Gasteiger partial charge is 0.410 e. The third kappa shape index (κ3) is 1.18. The van der Waals surface area contributed by atoms with E-state index in [1.54, 1.807) is 4.57 Å². The summed E-state index contributed by atoms with van der Waals surface area (Å²) in [5, 5.41) is 12.6. The van der Waals surface area contributed by atoms with Crippen LogP contribution in [0.3, 0.4) is 0 Å². The molecular formula is C10H10N2O. The zero-order valence-electron chi connectivity index (χ0n) is 7.31. The average Bonchev–Trinajstić information content (AvgIpc) is 2.46. The van der Waals surface area contributed by atoms with Crippen LogP contribution in [-0.2, 0) is 0 Å². The van der Waals surface area contributed by atoms with Gasteiger partial charge in [-0.05, 0) is 18.6 Å². The van der Waals surface area contributed by atoms with Crippen LogP contribution in [-0.4, -0.2) is 16.1 Å². The normalized spacial score (nSPS) is 11.5. The van der Waals surface area contributed by atoms with Gasteiger partial charge in [-0.3, -0.25) is 0 Å². The van der Waals surface area contributed by atoms with Crippen LogP contribution in [0.1, 0.15) is 5.56 Å². The second kappa shape index (κ2) is 2.94. The van der Waals surface area contributed by atoms with E-state index in [1.807, 2.05) is 37.4 Å². The lowest BCUT2D eigenvalue weighted by atomic mass is 10.2. The Balaban J connectivity index is 2.77. The van der Waals surface area contributed by atoms with E-state index in [0.717, 1.165) is 5.52 Å². The molecule has 2 rings (SSSR count). The highest BCUT2D eigenvalue weighted by Crippen LogP contribution is 2.18. The lowest BCUT2D eigenvalue weighted by Gasteiger charge is -1.93. The SMILES string of the molecule is Cc1cn(C=NO)c2ccccc12. The van der Waals surface area contributed by atoms with Crippen LogP contribution in [0.2, 0.25) is 0 Å². The highest BCUT2D eigenvalue weighted by molar-refractivity contribution is 5.88. The van der Waals surface area contributed by atoms with Gasteiger partial charge >= 0.3 is 0 Å². The first-order valence-corrected chi connectivity index (χ1v) is 4.06. The molecule has 1 aromatic carbocycles. The van der Waals surface area contributed by atoms with Gasteiger partial charge in [-0.25, -0.2) is 0 Å². The maximum Gasteiger partial charge on any atom is 0.139 e. The molecule has 3 nitrogen and oxygen atoms in total. The van der Waals surface area contributed by atoms with Gasteiger partial charge in [-0.2, -0.15) is 0 Å². The maximum atomic E-state index is 8.44. The van der Waals surface area contributed by atoms with Crippen molar-refractivity contribution in [3.05, 3.63) is 36.0 Å². The minimum atomic E-state index is 1.05. The van der Waals surface area contributed by atoms with E-state index in [2.05, 4.69) is 5.16 Å². The molecule has 0 unspecified atom stereocenters. The zero-order chi connectivity index (χ0) is 9.26. The second-order valence-electron chi connectivity index (χ2n) is 2.97. The molecule has 0 saturated carbocycles. The minimum Gasteiger partial charge on any atom is -0.410 e. The Morgan fingerprint density at radius 1 is 1.38 bits per heavy atom. The first kappa shape index (κ1) is 7.86. The molecule has 3 heteroatoms.